The van der Waals surface area contributed by atoms with E-state index in [9.17, 15) is 4.79 Å². The fraction of sp³-hybridized carbons (Fsp3) is 0.588. The standard InChI is InChI=1S/C17H24N2O3/c1-18(2)13-6-4-5-7-14(13)19(3)17(20)12-8-9-15-16(10-12)22-11-21-15/h8-10,13-14H,4-7,11H2,1-3H3/t13-,14-/m1/s1. The molecule has 1 heterocycles. The van der Waals surface area contributed by atoms with E-state index in [0.717, 1.165) is 12.8 Å². The van der Waals surface area contributed by atoms with Crippen LogP contribution in [0, 0.1) is 0 Å². The maximum Gasteiger partial charge on any atom is 0.254 e. The van der Waals surface area contributed by atoms with Gasteiger partial charge in [-0.15, -0.1) is 0 Å². The largest absolute Gasteiger partial charge is 0.454 e. The molecule has 1 aromatic rings. The first-order chi connectivity index (χ1) is 10.6. The van der Waals surface area contributed by atoms with Gasteiger partial charge in [0.2, 0.25) is 6.79 Å². The third kappa shape index (κ3) is 2.77. The zero-order chi connectivity index (χ0) is 15.7. The number of benzene rings is 1. The summed E-state index contributed by atoms with van der Waals surface area (Å²) in [5.74, 6) is 1.42. The fourth-order valence-corrected chi connectivity index (χ4v) is 3.53. The van der Waals surface area contributed by atoms with Crippen molar-refractivity contribution in [3.8, 4) is 11.5 Å². The topological polar surface area (TPSA) is 42.0 Å². The minimum atomic E-state index is 0.0528. The molecule has 0 saturated heterocycles. The van der Waals surface area contributed by atoms with E-state index in [1.165, 1.54) is 12.8 Å². The summed E-state index contributed by atoms with van der Waals surface area (Å²) in [6.07, 6.45) is 4.64. The Morgan fingerprint density at radius 1 is 1.05 bits per heavy atom. The molecule has 1 amide bonds. The van der Waals surface area contributed by atoms with Gasteiger partial charge in [-0.2, -0.15) is 0 Å². The van der Waals surface area contributed by atoms with E-state index in [-0.39, 0.29) is 18.7 Å². The predicted octanol–water partition coefficient (Wildman–Crippen LogP) is 2.36. The number of hydrogen-bond acceptors (Lipinski definition) is 4. The second kappa shape index (κ2) is 6.16. The van der Waals surface area contributed by atoms with E-state index in [4.69, 9.17) is 9.47 Å². The van der Waals surface area contributed by atoms with Crippen molar-refractivity contribution in [3.05, 3.63) is 23.8 Å². The van der Waals surface area contributed by atoms with Crippen LogP contribution in [0.2, 0.25) is 0 Å². The molecule has 5 nitrogen and oxygen atoms in total. The van der Waals surface area contributed by atoms with Crippen LogP contribution in [0.3, 0.4) is 0 Å². The lowest BCUT2D eigenvalue weighted by Gasteiger charge is -2.41. The molecule has 120 valence electrons. The van der Waals surface area contributed by atoms with Crippen molar-refractivity contribution in [1.29, 1.82) is 0 Å². The molecule has 22 heavy (non-hydrogen) atoms. The Balaban J connectivity index is 1.78. The van der Waals surface area contributed by atoms with Crippen molar-refractivity contribution < 1.29 is 14.3 Å². The van der Waals surface area contributed by atoms with Crippen LogP contribution in [0.5, 0.6) is 11.5 Å². The number of amides is 1. The Hall–Kier alpha value is -1.75. The smallest absolute Gasteiger partial charge is 0.254 e. The van der Waals surface area contributed by atoms with E-state index >= 15 is 0 Å². The van der Waals surface area contributed by atoms with Crippen molar-refractivity contribution in [3.63, 3.8) is 0 Å². The number of ether oxygens (including phenoxy) is 2. The molecule has 2 atom stereocenters. The first-order valence-electron chi connectivity index (χ1n) is 7.91. The second-order valence-electron chi connectivity index (χ2n) is 6.37. The van der Waals surface area contributed by atoms with E-state index in [1.807, 2.05) is 24.1 Å². The summed E-state index contributed by atoms with van der Waals surface area (Å²) in [5.41, 5.74) is 0.662. The van der Waals surface area contributed by atoms with Gasteiger partial charge < -0.3 is 19.3 Å². The molecule has 1 aliphatic carbocycles. The predicted molar refractivity (Wildman–Crippen MR) is 84.4 cm³/mol. The minimum Gasteiger partial charge on any atom is -0.454 e. The molecule has 0 spiro atoms. The van der Waals surface area contributed by atoms with E-state index in [1.54, 1.807) is 6.07 Å². The number of carbonyl (C=O) groups is 1. The average molecular weight is 304 g/mol. The van der Waals surface area contributed by atoms with Gasteiger partial charge in [-0.1, -0.05) is 12.8 Å². The van der Waals surface area contributed by atoms with Crippen molar-refractivity contribution in [2.45, 2.75) is 37.8 Å². The SMILES string of the molecule is CN(C)[C@@H]1CCCC[C@H]1N(C)C(=O)c1ccc2c(c1)OCO2. The van der Waals surface area contributed by atoms with Gasteiger partial charge in [0.05, 0.1) is 0 Å². The van der Waals surface area contributed by atoms with Crippen LogP contribution >= 0.6 is 0 Å². The average Bonchev–Trinajstić information content (AvgIpc) is 3.01. The Kier molecular flexibility index (Phi) is 4.25. The molecule has 5 heteroatoms. The van der Waals surface area contributed by atoms with Crippen LogP contribution in [0.25, 0.3) is 0 Å². The molecule has 1 saturated carbocycles. The number of carbonyl (C=O) groups excluding carboxylic acids is 1. The highest BCUT2D eigenvalue weighted by molar-refractivity contribution is 5.95. The summed E-state index contributed by atoms with van der Waals surface area (Å²) in [6, 6.07) is 6.11. The maximum atomic E-state index is 12.8. The molecule has 2 aliphatic rings. The van der Waals surface area contributed by atoms with Crippen LogP contribution in [-0.4, -0.2) is 55.7 Å². The van der Waals surface area contributed by atoms with Gasteiger partial charge in [0.25, 0.3) is 5.91 Å². The number of fused-ring (bicyclic) bond motifs is 1. The molecular weight excluding hydrogens is 280 g/mol. The quantitative estimate of drug-likeness (QED) is 0.860. The lowest BCUT2D eigenvalue weighted by atomic mass is 9.88. The molecule has 1 aromatic carbocycles. The first kappa shape index (κ1) is 15.2. The Labute approximate surface area is 131 Å². The van der Waals surface area contributed by atoms with Crippen molar-refractivity contribution >= 4 is 5.91 Å². The summed E-state index contributed by atoms with van der Waals surface area (Å²) in [5, 5.41) is 0. The number of hydrogen-bond donors (Lipinski definition) is 0. The summed E-state index contributed by atoms with van der Waals surface area (Å²) < 4.78 is 10.7. The summed E-state index contributed by atoms with van der Waals surface area (Å²) >= 11 is 0. The van der Waals surface area contributed by atoms with Gasteiger partial charge in [-0.25, -0.2) is 0 Å². The van der Waals surface area contributed by atoms with Crippen LogP contribution in [0.4, 0.5) is 0 Å². The highest BCUT2D eigenvalue weighted by Gasteiger charge is 2.32. The molecule has 0 radical (unpaired) electrons. The van der Waals surface area contributed by atoms with Crippen LogP contribution in [-0.2, 0) is 0 Å². The second-order valence-corrected chi connectivity index (χ2v) is 6.37. The molecule has 3 rings (SSSR count). The number of nitrogens with zero attached hydrogens (tertiary/aromatic N) is 2. The third-order valence-electron chi connectivity index (χ3n) is 4.79. The third-order valence-corrected chi connectivity index (χ3v) is 4.79. The van der Waals surface area contributed by atoms with Gasteiger partial charge in [0.15, 0.2) is 11.5 Å². The number of rotatable bonds is 3. The monoisotopic (exact) mass is 304 g/mol. The van der Waals surface area contributed by atoms with Crippen LogP contribution < -0.4 is 9.47 Å². The summed E-state index contributed by atoms with van der Waals surface area (Å²) in [7, 11) is 6.11. The summed E-state index contributed by atoms with van der Waals surface area (Å²) in [6.45, 7) is 0.230. The highest BCUT2D eigenvalue weighted by Crippen LogP contribution is 2.33. The van der Waals surface area contributed by atoms with E-state index < -0.39 is 0 Å². The van der Waals surface area contributed by atoms with E-state index in [2.05, 4.69) is 19.0 Å². The molecular formula is C17H24N2O3. The zero-order valence-electron chi connectivity index (χ0n) is 13.5. The normalized spacial score (nSPS) is 23.6. The molecule has 0 N–H and O–H groups in total. The van der Waals surface area contributed by atoms with Gasteiger partial charge in [-0.05, 0) is 45.1 Å². The van der Waals surface area contributed by atoms with Crippen LogP contribution in [0.15, 0.2) is 18.2 Å². The molecule has 0 unspecified atom stereocenters. The van der Waals surface area contributed by atoms with E-state index in [0.29, 0.717) is 23.1 Å². The Morgan fingerprint density at radius 3 is 2.45 bits per heavy atom. The molecule has 0 aromatic heterocycles. The minimum absolute atomic E-state index is 0.0528. The summed E-state index contributed by atoms with van der Waals surface area (Å²) in [4.78, 5) is 17.0. The van der Waals surface area contributed by atoms with Crippen molar-refractivity contribution in [2.24, 2.45) is 0 Å². The first-order valence-corrected chi connectivity index (χ1v) is 7.91. The van der Waals surface area contributed by atoms with Gasteiger partial charge >= 0.3 is 0 Å². The molecule has 1 fully saturated rings. The Morgan fingerprint density at radius 2 is 1.73 bits per heavy atom. The molecule has 1 aliphatic heterocycles. The fourth-order valence-electron chi connectivity index (χ4n) is 3.53. The van der Waals surface area contributed by atoms with Crippen molar-refractivity contribution in [2.75, 3.05) is 27.9 Å². The number of likely N-dealkylation sites (N-methyl/N-ethyl adjacent to an activating group) is 2. The maximum absolute atomic E-state index is 12.8. The molecule has 0 bridgehead atoms. The van der Waals surface area contributed by atoms with Crippen molar-refractivity contribution in [1.82, 2.24) is 9.80 Å². The van der Waals surface area contributed by atoms with Gasteiger partial charge in [0.1, 0.15) is 0 Å². The Bertz CT molecular complexity index is 559. The lowest BCUT2D eigenvalue weighted by Crippen LogP contribution is -2.51. The van der Waals surface area contributed by atoms with Gasteiger partial charge in [0, 0.05) is 24.7 Å². The van der Waals surface area contributed by atoms with Crippen LogP contribution in [0.1, 0.15) is 36.0 Å². The van der Waals surface area contributed by atoms with Gasteiger partial charge in [-0.3, -0.25) is 4.79 Å². The highest BCUT2D eigenvalue weighted by atomic mass is 16.7. The lowest BCUT2D eigenvalue weighted by molar-refractivity contribution is 0.0544. The zero-order valence-corrected chi connectivity index (χ0v) is 13.5.